The van der Waals surface area contributed by atoms with Crippen LogP contribution >= 0.6 is 0 Å². The summed E-state index contributed by atoms with van der Waals surface area (Å²) in [4.78, 5) is 13.7. The SMILES string of the molecule is CCc1cccc(C)c1NC(=O)C[NH+]1CCN(S(=O)(=O)c2ccc(F)cc2)CC1. The van der Waals surface area contributed by atoms with Gasteiger partial charge in [-0.2, -0.15) is 4.31 Å². The number of carbonyl (C=O) groups excluding carboxylic acids is 1. The van der Waals surface area contributed by atoms with Crippen molar-refractivity contribution in [1.82, 2.24) is 4.31 Å². The Morgan fingerprint density at radius 2 is 1.79 bits per heavy atom. The third-order valence-electron chi connectivity index (χ3n) is 5.30. The highest BCUT2D eigenvalue weighted by Gasteiger charge is 2.31. The van der Waals surface area contributed by atoms with E-state index in [1.165, 1.54) is 16.4 Å². The molecule has 2 aromatic rings. The van der Waals surface area contributed by atoms with Crippen LogP contribution in [0.25, 0.3) is 0 Å². The van der Waals surface area contributed by atoms with Crippen LogP contribution in [0.15, 0.2) is 47.4 Å². The highest BCUT2D eigenvalue weighted by atomic mass is 32.2. The molecule has 0 atom stereocenters. The molecule has 6 nitrogen and oxygen atoms in total. The van der Waals surface area contributed by atoms with Gasteiger partial charge in [0.15, 0.2) is 6.54 Å². The number of quaternary nitrogens is 1. The van der Waals surface area contributed by atoms with Gasteiger partial charge in [0.1, 0.15) is 5.82 Å². The zero-order valence-electron chi connectivity index (χ0n) is 16.7. The van der Waals surface area contributed by atoms with Crippen molar-refractivity contribution in [3.05, 3.63) is 59.4 Å². The molecular weight excluding hydrogens is 393 g/mol. The molecule has 0 unspecified atom stereocenters. The third kappa shape index (κ3) is 5.01. The van der Waals surface area contributed by atoms with Crippen LogP contribution in [0.4, 0.5) is 10.1 Å². The lowest BCUT2D eigenvalue weighted by atomic mass is 10.1. The topological polar surface area (TPSA) is 70.9 Å². The lowest BCUT2D eigenvalue weighted by molar-refractivity contribution is -0.895. The second-order valence-corrected chi connectivity index (χ2v) is 9.23. The number of hydrogen-bond acceptors (Lipinski definition) is 3. The molecule has 2 aromatic carbocycles. The Kier molecular flexibility index (Phi) is 6.66. The Balaban J connectivity index is 1.57. The maximum Gasteiger partial charge on any atom is 0.279 e. The second-order valence-electron chi connectivity index (χ2n) is 7.30. The number of nitrogens with one attached hydrogen (secondary N) is 2. The summed E-state index contributed by atoms with van der Waals surface area (Å²) in [5.74, 6) is -0.539. The van der Waals surface area contributed by atoms with Crippen LogP contribution in [0.3, 0.4) is 0 Å². The van der Waals surface area contributed by atoms with Crippen molar-refractivity contribution in [2.45, 2.75) is 25.2 Å². The molecule has 1 heterocycles. The number of sulfonamides is 1. The Morgan fingerprint density at radius 3 is 2.41 bits per heavy atom. The van der Waals surface area contributed by atoms with E-state index >= 15 is 0 Å². The van der Waals surface area contributed by atoms with Crippen molar-refractivity contribution >= 4 is 21.6 Å². The van der Waals surface area contributed by atoms with E-state index in [1.54, 1.807) is 0 Å². The fourth-order valence-corrected chi connectivity index (χ4v) is 5.03. The molecule has 156 valence electrons. The highest BCUT2D eigenvalue weighted by Crippen LogP contribution is 2.21. The van der Waals surface area contributed by atoms with Crippen LogP contribution in [-0.4, -0.2) is 51.4 Å². The summed E-state index contributed by atoms with van der Waals surface area (Å²) in [7, 11) is -3.64. The summed E-state index contributed by atoms with van der Waals surface area (Å²) in [6.45, 7) is 6.06. The van der Waals surface area contributed by atoms with E-state index in [2.05, 4.69) is 12.2 Å². The van der Waals surface area contributed by atoms with E-state index in [9.17, 15) is 17.6 Å². The summed E-state index contributed by atoms with van der Waals surface area (Å²) in [6.07, 6.45) is 0.837. The van der Waals surface area contributed by atoms with Crippen LogP contribution in [-0.2, 0) is 21.2 Å². The van der Waals surface area contributed by atoms with Crippen molar-refractivity contribution in [3.63, 3.8) is 0 Å². The van der Waals surface area contributed by atoms with Gasteiger partial charge < -0.3 is 10.2 Å². The predicted octanol–water partition coefficient (Wildman–Crippen LogP) is 1.22. The number of nitrogens with zero attached hydrogens (tertiary/aromatic N) is 1. The van der Waals surface area contributed by atoms with Gasteiger partial charge in [-0.3, -0.25) is 4.79 Å². The van der Waals surface area contributed by atoms with Gasteiger partial charge in [0.25, 0.3) is 5.91 Å². The smallest absolute Gasteiger partial charge is 0.279 e. The number of aryl methyl sites for hydroxylation is 2. The van der Waals surface area contributed by atoms with Crippen molar-refractivity contribution in [3.8, 4) is 0 Å². The molecule has 1 amide bonds. The van der Waals surface area contributed by atoms with Gasteiger partial charge in [-0.1, -0.05) is 25.1 Å². The number of para-hydroxylation sites is 1. The molecule has 3 rings (SSSR count). The van der Waals surface area contributed by atoms with E-state index in [1.807, 2.05) is 25.1 Å². The number of piperazine rings is 1. The first-order chi connectivity index (χ1) is 13.8. The van der Waals surface area contributed by atoms with Gasteiger partial charge in [-0.25, -0.2) is 12.8 Å². The first kappa shape index (κ1) is 21.4. The van der Waals surface area contributed by atoms with Crippen LogP contribution in [0.2, 0.25) is 0 Å². The molecule has 0 aromatic heterocycles. The quantitative estimate of drug-likeness (QED) is 0.738. The molecule has 0 bridgehead atoms. The number of carbonyl (C=O) groups is 1. The number of benzene rings is 2. The van der Waals surface area contributed by atoms with Gasteiger partial charge >= 0.3 is 0 Å². The molecule has 0 aliphatic carbocycles. The fraction of sp³-hybridized carbons (Fsp3) is 0.381. The molecule has 0 radical (unpaired) electrons. The van der Waals surface area contributed by atoms with E-state index in [0.717, 1.165) is 40.3 Å². The number of amides is 1. The Hall–Kier alpha value is -2.29. The van der Waals surface area contributed by atoms with Crippen molar-refractivity contribution in [2.75, 3.05) is 38.0 Å². The standard InChI is InChI=1S/C21H26FN3O3S/c1-3-17-6-4-5-16(2)21(17)23-20(26)15-24-11-13-25(14-12-24)29(27,28)19-9-7-18(22)8-10-19/h4-10H,3,11-15H2,1-2H3,(H,23,26)/p+1. The number of halogens is 1. The number of hydrogen-bond donors (Lipinski definition) is 2. The normalized spacial score (nSPS) is 16.0. The van der Waals surface area contributed by atoms with Gasteiger partial charge in [0, 0.05) is 5.69 Å². The Bertz CT molecular complexity index is 969. The van der Waals surface area contributed by atoms with Crippen LogP contribution < -0.4 is 10.2 Å². The maximum atomic E-state index is 13.1. The summed E-state index contributed by atoms with van der Waals surface area (Å²) in [5, 5.41) is 3.02. The minimum Gasteiger partial charge on any atom is -0.325 e. The average molecular weight is 421 g/mol. The lowest BCUT2D eigenvalue weighted by Crippen LogP contribution is -3.15. The average Bonchev–Trinajstić information content (AvgIpc) is 2.70. The van der Waals surface area contributed by atoms with Gasteiger partial charge in [0.2, 0.25) is 10.0 Å². The zero-order valence-corrected chi connectivity index (χ0v) is 17.6. The number of rotatable bonds is 6. The molecular formula is C21H27FN3O3S+. The molecule has 1 saturated heterocycles. The predicted molar refractivity (Wildman–Crippen MR) is 110 cm³/mol. The molecule has 0 saturated carbocycles. The Labute approximate surface area is 171 Å². The number of anilines is 1. The lowest BCUT2D eigenvalue weighted by Gasteiger charge is -2.31. The summed E-state index contributed by atoms with van der Waals surface area (Å²) >= 11 is 0. The molecule has 0 spiro atoms. The minimum absolute atomic E-state index is 0.0705. The maximum absolute atomic E-state index is 13.1. The van der Waals surface area contributed by atoms with Gasteiger partial charge in [-0.15, -0.1) is 0 Å². The van der Waals surface area contributed by atoms with E-state index in [4.69, 9.17) is 0 Å². The molecule has 1 aliphatic rings. The first-order valence-electron chi connectivity index (χ1n) is 9.79. The Morgan fingerprint density at radius 1 is 1.14 bits per heavy atom. The first-order valence-corrected chi connectivity index (χ1v) is 11.2. The van der Waals surface area contributed by atoms with Crippen LogP contribution in [0, 0.1) is 12.7 Å². The van der Waals surface area contributed by atoms with Crippen LogP contribution in [0.1, 0.15) is 18.1 Å². The molecule has 2 N–H and O–H groups in total. The molecule has 1 fully saturated rings. The van der Waals surface area contributed by atoms with Gasteiger partial charge in [-0.05, 0) is 48.7 Å². The van der Waals surface area contributed by atoms with Gasteiger partial charge in [0.05, 0.1) is 31.1 Å². The fourth-order valence-electron chi connectivity index (χ4n) is 3.59. The van der Waals surface area contributed by atoms with Crippen molar-refractivity contribution < 1.29 is 22.5 Å². The van der Waals surface area contributed by atoms with E-state index in [0.29, 0.717) is 32.7 Å². The second kappa shape index (κ2) is 9.02. The molecule has 1 aliphatic heterocycles. The summed E-state index contributed by atoms with van der Waals surface area (Å²) < 4.78 is 39.9. The molecule has 29 heavy (non-hydrogen) atoms. The monoisotopic (exact) mass is 420 g/mol. The highest BCUT2D eigenvalue weighted by molar-refractivity contribution is 7.89. The van der Waals surface area contributed by atoms with E-state index in [-0.39, 0.29) is 10.8 Å². The zero-order chi connectivity index (χ0) is 21.0. The van der Waals surface area contributed by atoms with Crippen LogP contribution in [0.5, 0.6) is 0 Å². The molecule has 8 heteroatoms. The van der Waals surface area contributed by atoms with Crippen molar-refractivity contribution in [2.24, 2.45) is 0 Å². The third-order valence-corrected chi connectivity index (χ3v) is 7.21. The summed E-state index contributed by atoms with van der Waals surface area (Å²) in [5.41, 5.74) is 3.00. The largest absolute Gasteiger partial charge is 0.325 e. The minimum atomic E-state index is -3.64. The van der Waals surface area contributed by atoms with E-state index < -0.39 is 15.8 Å². The van der Waals surface area contributed by atoms with Crippen molar-refractivity contribution in [1.29, 1.82) is 0 Å². The summed E-state index contributed by atoms with van der Waals surface area (Å²) in [6, 6.07) is 10.8.